The van der Waals surface area contributed by atoms with Crippen molar-refractivity contribution in [2.45, 2.75) is 25.6 Å². The maximum Gasteiger partial charge on any atom is 0.0991 e. The summed E-state index contributed by atoms with van der Waals surface area (Å²) in [7, 11) is 4.06. The van der Waals surface area contributed by atoms with Crippen molar-refractivity contribution in [3.8, 4) is 17.3 Å². The van der Waals surface area contributed by atoms with Crippen LogP contribution in [-0.2, 0) is 18.3 Å². The van der Waals surface area contributed by atoms with Gasteiger partial charge in [0.15, 0.2) is 0 Å². The van der Waals surface area contributed by atoms with Crippen LogP contribution in [0, 0.1) is 11.3 Å². The maximum atomic E-state index is 8.95. The lowest BCUT2D eigenvalue weighted by Gasteiger charge is -2.34. The second-order valence-electron chi connectivity index (χ2n) is 6.71. The number of aromatic nitrogens is 2. The number of nitrogens with zero attached hydrogens (tertiary/aromatic N) is 4. The summed E-state index contributed by atoms with van der Waals surface area (Å²) in [5, 5.41) is 17.1. The largest absolute Gasteiger partial charge is 0.374 e. The first kappa shape index (κ1) is 17.6. The number of nitrogens with one attached hydrogen (secondary N) is 1. The molecule has 1 N–H and O–H groups in total. The van der Waals surface area contributed by atoms with Crippen LogP contribution < -0.4 is 5.32 Å². The average molecular weight is 339 g/mol. The molecule has 1 aliphatic rings. The van der Waals surface area contributed by atoms with E-state index in [1.54, 1.807) is 0 Å². The highest BCUT2D eigenvalue weighted by atomic mass is 16.5. The fourth-order valence-electron chi connectivity index (χ4n) is 3.13. The van der Waals surface area contributed by atoms with E-state index in [4.69, 9.17) is 10.00 Å². The summed E-state index contributed by atoms with van der Waals surface area (Å²) in [6.07, 6.45) is 2.25. The average Bonchev–Trinajstić information content (AvgIpc) is 3.00. The van der Waals surface area contributed by atoms with Crippen molar-refractivity contribution in [1.82, 2.24) is 20.0 Å². The van der Waals surface area contributed by atoms with E-state index in [2.05, 4.69) is 35.4 Å². The van der Waals surface area contributed by atoms with E-state index in [-0.39, 0.29) is 12.1 Å². The van der Waals surface area contributed by atoms with Crippen LogP contribution in [0.1, 0.15) is 18.1 Å². The Morgan fingerprint density at radius 1 is 1.36 bits per heavy atom. The Labute approximate surface area is 149 Å². The third-order valence-corrected chi connectivity index (χ3v) is 4.66. The summed E-state index contributed by atoms with van der Waals surface area (Å²) < 4.78 is 7.72. The van der Waals surface area contributed by atoms with Crippen molar-refractivity contribution in [1.29, 1.82) is 5.26 Å². The van der Waals surface area contributed by atoms with Gasteiger partial charge in [-0.2, -0.15) is 10.4 Å². The minimum Gasteiger partial charge on any atom is -0.374 e. The normalized spacial score (nSPS) is 19.5. The van der Waals surface area contributed by atoms with Gasteiger partial charge in [0.25, 0.3) is 0 Å². The highest BCUT2D eigenvalue weighted by Crippen LogP contribution is 2.22. The standard InChI is InChI=1S/C19H25N5O/c1-14(18-13-23(2)8-9-25-18)21-11-17-12-24(3)22-19(17)16-6-4-15(10-20)5-7-16/h4-7,12,14,18,21H,8-9,11,13H2,1-3H3. The second-order valence-corrected chi connectivity index (χ2v) is 6.71. The predicted octanol–water partition coefficient (Wildman–Crippen LogP) is 1.77. The van der Waals surface area contributed by atoms with Crippen molar-refractivity contribution >= 4 is 0 Å². The third kappa shape index (κ3) is 4.26. The number of ether oxygens (including phenoxy) is 1. The molecule has 0 saturated carbocycles. The minimum absolute atomic E-state index is 0.203. The van der Waals surface area contributed by atoms with E-state index in [9.17, 15) is 0 Å². The Morgan fingerprint density at radius 2 is 2.12 bits per heavy atom. The molecule has 1 saturated heterocycles. The lowest BCUT2D eigenvalue weighted by molar-refractivity contribution is -0.0356. The molecule has 132 valence electrons. The fourth-order valence-corrected chi connectivity index (χ4v) is 3.13. The number of nitriles is 1. The summed E-state index contributed by atoms with van der Waals surface area (Å²) in [6, 6.07) is 9.97. The molecule has 0 bridgehead atoms. The molecule has 0 spiro atoms. The second kappa shape index (κ2) is 7.79. The first-order valence-electron chi connectivity index (χ1n) is 8.63. The molecule has 1 fully saturated rings. The molecule has 2 unspecified atom stereocenters. The number of hydrogen-bond donors (Lipinski definition) is 1. The Kier molecular flexibility index (Phi) is 5.49. The van der Waals surface area contributed by atoms with Gasteiger partial charge in [0.2, 0.25) is 0 Å². The number of benzene rings is 1. The van der Waals surface area contributed by atoms with Gasteiger partial charge in [-0.05, 0) is 26.1 Å². The highest BCUT2D eigenvalue weighted by Gasteiger charge is 2.23. The molecule has 6 heteroatoms. The summed E-state index contributed by atoms with van der Waals surface area (Å²) >= 11 is 0. The number of aryl methyl sites for hydroxylation is 1. The molecule has 1 aromatic carbocycles. The highest BCUT2D eigenvalue weighted by molar-refractivity contribution is 5.63. The number of hydrogen-bond acceptors (Lipinski definition) is 5. The van der Waals surface area contributed by atoms with Crippen LogP contribution in [0.3, 0.4) is 0 Å². The molecule has 6 nitrogen and oxygen atoms in total. The van der Waals surface area contributed by atoms with Crippen molar-refractivity contribution in [3.05, 3.63) is 41.6 Å². The van der Waals surface area contributed by atoms with E-state index in [0.29, 0.717) is 5.56 Å². The molecular formula is C19H25N5O. The van der Waals surface area contributed by atoms with E-state index in [1.165, 1.54) is 0 Å². The smallest absolute Gasteiger partial charge is 0.0991 e. The topological polar surface area (TPSA) is 66.1 Å². The Bertz CT molecular complexity index is 746. The molecule has 2 atom stereocenters. The Balaban J connectivity index is 1.69. The van der Waals surface area contributed by atoms with Gasteiger partial charge in [-0.3, -0.25) is 4.68 Å². The van der Waals surface area contributed by atoms with E-state index in [0.717, 1.165) is 43.1 Å². The van der Waals surface area contributed by atoms with Crippen LogP contribution in [0.4, 0.5) is 0 Å². The van der Waals surface area contributed by atoms with Crippen LogP contribution >= 0.6 is 0 Å². The van der Waals surface area contributed by atoms with Crippen LogP contribution in [0.25, 0.3) is 11.3 Å². The van der Waals surface area contributed by atoms with Gasteiger partial charge in [0.1, 0.15) is 0 Å². The molecule has 2 heterocycles. The van der Waals surface area contributed by atoms with Gasteiger partial charge in [-0.1, -0.05) is 12.1 Å². The summed E-state index contributed by atoms with van der Waals surface area (Å²) in [5.41, 5.74) is 3.78. The van der Waals surface area contributed by atoms with Gasteiger partial charge in [-0.25, -0.2) is 0 Å². The maximum absolute atomic E-state index is 8.95. The Hall–Kier alpha value is -2.20. The Morgan fingerprint density at radius 3 is 2.80 bits per heavy atom. The molecule has 0 aliphatic carbocycles. The third-order valence-electron chi connectivity index (χ3n) is 4.66. The first-order valence-corrected chi connectivity index (χ1v) is 8.63. The lowest BCUT2D eigenvalue weighted by atomic mass is 10.1. The van der Waals surface area contributed by atoms with Gasteiger partial charge in [-0.15, -0.1) is 0 Å². The number of rotatable bonds is 5. The summed E-state index contributed by atoms with van der Waals surface area (Å²) in [5.74, 6) is 0. The van der Waals surface area contributed by atoms with Crippen molar-refractivity contribution in [2.75, 3.05) is 26.7 Å². The molecule has 0 amide bonds. The van der Waals surface area contributed by atoms with Crippen LogP contribution in [0.2, 0.25) is 0 Å². The van der Waals surface area contributed by atoms with Crippen LogP contribution in [-0.4, -0.2) is 53.6 Å². The van der Waals surface area contributed by atoms with Gasteiger partial charge in [0.05, 0.1) is 30.0 Å². The zero-order valence-corrected chi connectivity index (χ0v) is 15.1. The molecule has 1 aromatic heterocycles. The number of likely N-dealkylation sites (N-methyl/N-ethyl adjacent to an activating group) is 1. The van der Waals surface area contributed by atoms with Crippen molar-refractivity contribution < 1.29 is 4.74 Å². The SMILES string of the molecule is CC(NCc1cn(C)nc1-c1ccc(C#N)cc1)C1CN(C)CCO1. The van der Waals surface area contributed by atoms with E-state index in [1.807, 2.05) is 42.2 Å². The molecule has 0 radical (unpaired) electrons. The first-order chi connectivity index (χ1) is 12.1. The van der Waals surface area contributed by atoms with Gasteiger partial charge >= 0.3 is 0 Å². The van der Waals surface area contributed by atoms with Crippen molar-refractivity contribution in [3.63, 3.8) is 0 Å². The quantitative estimate of drug-likeness (QED) is 0.899. The lowest BCUT2D eigenvalue weighted by Crippen LogP contribution is -2.49. The molecule has 3 rings (SSSR count). The molecule has 2 aromatic rings. The van der Waals surface area contributed by atoms with E-state index >= 15 is 0 Å². The summed E-state index contributed by atoms with van der Waals surface area (Å²) in [4.78, 5) is 2.30. The monoisotopic (exact) mass is 339 g/mol. The number of morpholine rings is 1. The van der Waals surface area contributed by atoms with E-state index < -0.39 is 0 Å². The van der Waals surface area contributed by atoms with Crippen molar-refractivity contribution in [2.24, 2.45) is 7.05 Å². The zero-order chi connectivity index (χ0) is 17.8. The zero-order valence-electron chi connectivity index (χ0n) is 15.1. The fraction of sp³-hybridized carbons (Fsp3) is 0.474. The predicted molar refractivity (Wildman–Crippen MR) is 96.9 cm³/mol. The molecule has 25 heavy (non-hydrogen) atoms. The van der Waals surface area contributed by atoms with Crippen LogP contribution in [0.15, 0.2) is 30.5 Å². The summed E-state index contributed by atoms with van der Waals surface area (Å²) in [6.45, 7) is 5.63. The van der Waals surface area contributed by atoms with Gasteiger partial charge in [0, 0.05) is 50.0 Å². The minimum atomic E-state index is 0.203. The van der Waals surface area contributed by atoms with Gasteiger partial charge < -0.3 is 15.0 Å². The molecule has 1 aliphatic heterocycles. The van der Waals surface area contributed by atoms with Crippen LogP contribution in [0.5, 0.6) is 0 Å². The molecular weight excluding hydrogens is 314 g/mol.